The van der Waals surface area contributed by atoms with E-state index in [1.54, 1.807) is 6.07 Å². The van der Waals surface area contributed by atoms with Crippen LogP contribution in [0.25, 0.3) is 22.5 Å². The quantitative estimate of drug-likeness (QED) is 0.761. The maximum atomic E-state index is 13.6. The Labute approximate surface area is 119 Å². The highest BCUT2D eigenvalue weighted by atomic mass is 35.5. The lowest BCUT2D eigenvalue weighted by Crippen LogP contribution is -1.89. The van der Waals surface area contributed by atoms with Gasteiger partial charge in [-0.15, -0.1) is 0 Å². The first-order valence-electron chi connectivity index (χ1n) is 5.93. The molecular weight excluding hydrogens is 279 g/mol. The van der Waals surface area contributed by atoms with Crippen molar-refractivity contribution in [1.29, 1.82) is 0 Å². The van der Waals surface area contributed by atoms with Crippen molar-refractivity contribution in [3.8, 4) is 22.5 Å². The molecule has 2 N–H and O–H groups in total. The molecule has 100 valence electrons. The lowest BCUT2D eigenvalue weighted by atomic mass is 10.0. The van der Waals surface area contributed by atoms with Crippen molar-refractivity contribution in [2.24, 2.45) is 0 Å². The van der Waals surface area contributed by atoms with Gasteiger partial charge in [0.1, 0.15) is 5.82 Å². The SMILES string of the molecule is Nc1noc(-c2ccc(Cl)c(F)c2)c1-c1ccccc1. The summed E-state index contributed by atoms with van der Waals surface area (Å²) < 4.78 is 18.8. The first-order chi connectivity index (χ1) is 9.66. The minimum absolute atomic E-state index is 0.0579. The van der Waals surface area contributed by atoms with Crippen LogP contribution in [0.15, 0.2) is 53.1 Å². The number of anilines is 1. The van der Waals surface area contributed by atoms with Crippen molar-refractivity contribution in [3.63, 3.8) is 0 Å². The molecule has 5 heteroatoms. The van der Waals surface area contributed by atoms with Crippen LogP contribution in [0.1, 0.15) is 0 Å². The summed E-state index contributed by atoms with van der Waals surface area (Å²) in [6.07, 6.45) is 0. The molecule has 0 radical (unpaired) electrons. The monoisotopic (exact) mass is 288 g/mol. The first kappa shape index (κ1) is 12.7. The number of nitrogens with two attached hydrogens (primary N) is 1. The molecule has 0 saturated heterocycles. The van der Waals surface area contributed by atoms with Crippen molar-refractivity contribution in [1.82, 2.24) is 5.16 Å². The molecule has 0 unspecified atom stereocenters. The molecule has 1 heterocycles. The molecule has 0 aliphatic heterocycles. The summed E-state index contributed by atoms with van der Waals surface area (Å²) in [5.41, 5.74) is 7.89. The predicted molar refractivity (Wildman–Crippen MR) is 76.8 cm³/mol. The highest BCUT2D eigenvalue weighted by Crippen LogP contribution is 2.37. The summed E-state index contributed by atoms with van der Waals surface area (Å²) in [5, 5.41) is 3.83. The molecule has 3 rings (SSSR count). The van der Waals surface area contributed by atoms with E-state index in [9.17, 15) is 4.39 Å². The fraction of sp³-hybridized carbons (Fsp3) is 0. The van der Waals surface area contributed by atoms with Gasteiger partial charge in [0.15, 0.2) is 11.6 Å². The van der Waals surface area contributed by atoms with Gasteiger partial charge in [-0.25, -0.2) is 4.39 Å². The Balaban J connectivity index is 2.18. The van der Waals surface area contributed by atoms with Crippen LogP contribution in [0.3, 0.4) is 0 Å². The van der Waals surface area contributed by atoms with Gasteiger partial charge in [-0.1, -0.05) is 47.1 Å². The summed E-state index contributed by atoms with van der Waals surface area (Å²) in [5.74, 6) is 0.170. The molecule has 0 amide bonds. The molecule has 0 aliphatic carbocycles. The normalized spacial score (nSPS) is 10.7. The van der Waals surface area contributed by atoms with Crippen LogP contribution in [-0.2, 0) is 0 Å². The van der Waals surface area contributed by atoms with Crippen molar-refractivity contribution in [2.75, 3.05) is 5.73 Å². The highest BCUT2D eigenvalue weighted by Gasteiger charge is 2.18. The van der Waals surface area contributed by atoms with Crippen LogP contribution in [0, 0.1) is 5.82 Å². The molecule has 0 spiro atoms. The van der Waals surface area contributed by atoms with Gasteiger partial charge < -0.3 is 10.3 Å². The first-order valence-corrected chi connectivity index (χ1v) is 6.30. The van der Waals surface area contributed by atoms with Gasteiger partial charge in [-0.2, -0.15) is 0 Å². The summed E-state index contributed by atoms with van der Waals surface area (Å²) >= 11 is 5.68. The summed E-state index contributed by atoms with van der Waals surface area (Å²) in [4.78, 5) is 0. The molecule has 1 aromatic heterocycles. The number of aromatic nitrogens is 1. The largest absolute Gasteiger partial charge is 0.380 e. The summed E-state index contributed by atoms with van der Waals surface area (Å²) in [6.45, 7) is 0. The summed E-state index contributed by atoms with van der Waals surface area (Å²) in [7, 11) is 0. The Morgan fingerprint density at radius 1 is 1.05 bits per heavy atom. The number of rotatable bonds is 2. The van der Waals surface area contributed by atoms with Crippen molar-refractivity contribution >= 4 is 17.4 Å². The van der Waals surface area contributed by atoms with E-state index in [1.165, 1.54) is 12.1 Å². The fourth-order valence-corrected chi connectivity index (χ4v) is 2.14. The second-order valence-electron chi connectivity index (χ2n) is 4.27. The molecule has 0 atom stereocenters. The average molecular weight is 289 g/mol. The van der Waals surface area contributed by atoms with Crippen molar-refractivity contribution < 1.29 is 8.91 Å². The highest BCUT2D eigenvalue weighted by molar-refractivity contribution is 6.30. The molecule has 0 bridgehead atoms. The predicted octanol–water partition coefficient (Wildman–Crippen LogP) is 4.38. The maximum Gasteiger partial charge on any atom is 0.177 e. The van der Waals surface area contributed by atoms with Gasteiger partial charge >= 0.3 is 0 Å². The van der Waals surface area contributed by atoms with E-state index in [4.69, 9.17) is 21.9 Å². The zero-order valence-corrected chi connectivity index (χ0v) is 11.1. The number of hydrogen-bond donors (Lipinski definition) is 1. The Morgan fingerprint density at radius 3 is 2.50 bits per heavy atom. The van der Waals surface area contributed by atoms with Gasteiger partial charge in [0.2, 0.25) is 0 Å². The number of nitrogen functional groups attached to an aromatic ring is 1. The van der Waals surface area contributed by atoms with E-state index in [0.717, 1.165) is 5.56 Å². The van der Waals surface area contributed by atoms with Crippen molar-refractivity contribution in [2.45, 2.75) is 0 Å². The Morgan fingerprint density at radius 2 is 1.80 bits per heavy atom. The third-order valence-electron chi connectivity index (χ3n) is 2.96. The van der Waals surface area contributed by atoms with Gasteiger partial charge in [0.25, 0.3) is 0 Å². The second-order valence-corrected chi connectivity index (χ2v) is 4.67. The summed E-state index contributed by atoms with van der Waals surface area (Å²) in [6, 6.07) is 13.9. The van der Waals surface area contributed by atoms with Gasteiger partial charge in [-0.05, 0) is 23.8 Å². The minimum Gasteiger partial charge on any atom is -0.380 e. The van der Waals surface area contributed by atoms with E-state index in [1.807, 2.05) is 30.3 Å². The van der Waals surface area contributed by atoms with Crippen LogP contribution >= 0.6 is 11.6 Å². The van der Waals surface area contributed by atoms with Crippen LogP contribution in [-0.4, -0.2) is 5.16 Å². The fourth-order valence-electron chi connectivity index (χ4n) is 2.02. The van der Waals surface area contributed by atoms with E-state index >= 15 is 0 Å². The van der Waals surface area contributed by atoms with Crippen LogP contribution < -0.4 is 5.73 Å². The van der Waals surface area contributed by atoms with Gasteiger partial charge in [0.05, 0.1) is 10.6 Å². The van der Waals surface area contributed by atoms with Crippen molar-refractivity contribution in [3.05, 3.63) is 59.4 Å². The second kappa shape index (κ2) is 4.98. The number of nitrogens with zero attached hydrogens (tertiary/aromatic N) is 1. The number of hydrogen-bond acceptors (Lipinski definition) is 3. The lowest BCUT2D eigenvalue weighted by Gasteiger charge is -2.03. The molecule has 3 nitrogen and oxygen atoms in total. The molecule has 0 fully saturated rings. The molecule has 0 saturated carbocycles. The van der Waals surface area contributed by atoms with E-state index < -0.39 is 5.82 Å². The Hall–Kier alpha value is -2.33. The molecule has 3 aromatic rings. The minimum atomic E-state index is -0.516. The maximum absolute atomic E-state index is 13.6. The van der Waals surface area contributed by atoms with Crippen LogP contribution in [0.5, 0.6) is 0 Å². The van der Waals surface area contributed by atoms with Crippen LogP contribution in [0.2, 0.25) is 5.02 Å². The molecule has 0 aliphatic rings. The van der Waals surface area contributed by atoms with Gasteiger partial charge in [0, 0.05) is 5.56 Å². The zero-order chi connectivity index (χ0) is 14.1. The topological polar surface area (TPSA) is 52.0 Å². The van der Waals surface area contributed by atoms with E-state index in [0.29, 0.717) is 16.9 Å². The smallest absolute Gasteiger partial charge is 0.177 e. The third-order valence-corrected chi connectivity index (χ3v) is 3.27. The Kier molecular flexibility index (Phi) is 3.16. The lowest BCUT2D eigenvalue weighted by molar-refractivity contribution is 0.436. The molecular formula is C15H10ClFN2O. The number of benzene rings is 2. The molecule has 20 heavy (non-hydrogen) atoms. The van der Waals surface area contributed by atoms with Gasteiger partial charge in [-0.3, -0.25) is 0 Å². The molecule has 2 aromatic carbocycles. The third kappa shape index (κ3) is 2.14. The average Bonchev–Trinajstić information content (AvgIpc) is 2.85. The number of halogens is 2. The van der Waals surface area contributed by atoms with Crippen LogP contribution in [0.4, 0.5) is 10.2 Å². The van der Waals surface area contributed by atoms with E-state index in [-0.39, 0.29) is 10.8 Å². The standard InChI is InChI=1S/C15H10ClFN2O/c16-11-7-6-10(8-12(11)17)14-13(15(18)19-20-14)9-4-2-1-3-5-9/h1-8H,(H2,18,19). The Bertz CT molecular complexity index is 756. The zero-order valence-electron chi connectivity index (χ0n) is 10.3. The van der Waals surface area contributed by atoms with E-state index in [2.05, 4.69) is 5.16 Å².